The number of benzene rings is 1. The Labute approximate surface area is 285 Å². The van der Waals surface area contributed by atoms with Crippen molar-refractivity contribution < 1.29 is 4.74 Å². The number of aromatic amines is 1. The molecule has 252 valence electrons. The van der Waals surface area contributed by atoms with Crippen LogP contribution in [-0.2, 0) is 6.42 Å². The van der Waals surface area contributed by atoms with E-state index in [0.29, 0.717) is 29.3 Å². The maximum absolute atomic E-state index is 5.86. The highest BCUT2D eigenvalue weighted by Crippen LogP contribution is 2.38. The van der Waals surface area contributed by atoms with Crippen molar-refractivity contribution in [3.8, 4) is 5.88 Å². The zero-order chi connectivity index (χ0) is 33.2. The van der Waals surface area contributed by atoms with Gasteiger partial charge >= 0.3 is 0 Å². The van der Waals surface area contributed by atoms with Crippen LogP contribution in [0, 0.1) is 0 Å². The van der Waals surface area contributed by atoms with E-state index in [1.54, 1.807) is 31.5 Å². The van der Waals surface area contributed by atoms with Gasteiger partial charge in [0.25, 0.3) is 0 Å². The molecule has 0 atom stereocenters. The molecule has 5 aromatic rings. The Hall–Kier alpha value is -4.40. The zero-order valence-electron chi connectivity index (χ0n) is 28.3. The number of methoxy groups -OCH3 is 1. The summed E-state index contributed by atoms with van der Waals surface area (Å²) in [6.45, 7) is 8.78. The van der Waals surface area contributed by atoms with Crippen molar-refractivity contribution in [2.45, 2.75) is 32.2 Å². The Morgan fingerprint density at radius 1 is 0.979 bits per heavy atom. The average molecular weight is 669 g/mol. The molecule has 3 N–H and O–H groups in total. The summed E-state index contributed by atoms with van der Waals surface area (Å²) >= 11 is 1.60. The van der Waals surface area contributed by atoms with Crippen LogP contribution in [0.15, 0.2) is 42.9 Å². The number of likely N-dealkylation sites (N-methyl/N-ethyl adjacent to an activating group) is 1. The zero-order valence-corrected chi connectivity index (χ0v) is 29.1. The van der Waals surface area contributed by atoms with E-state index in [1.165, 1.54) is 0 Å². The van der Waals surface area contributed by atoms with Crippen LogP contribution in [-0.4, -0.2) is 112 Å². The van der Waals surface area contributed by atoms with E-state index in [-0.39, 0.29) is 0 Å². The Bertz CT molecular complexity index is 1880. The van der Waals surface area contributed by atoms with Gasteiger partial charge in [-0.3, -0.25) is 14.9 Å². The predicted molar refractivity (Wildman–Crippen MR) is 196 cm³/mol. The minimum atomic E-state index is 0.427. The fraction of sp³-hybridized carbons (Fsp3) is 0.441. The number of pyridine rings is 1. The molecule has 0 radical (unpaired) electrons. The smallest absolute Gasteiger partial charge is 0.239 e. The van der Waals surface area contributed by atoms with Gasteiger partial charge in [-0.2, -0.15) is 15.0 Å². The molecule has 0 bridgehead atoms. The summed E-state index contributed by atoms with van der Waals surface area (Å²) in [7, 11) is 5.90. The van der Waals surface area contributed by atoms with Crippen molar-refractivity contribution in [2.24, 2.45) is 0 Å². The molecular weight excluding hydrogens is 625 g/mol. The molecule has 1 aromatic carbocycles. The molecule has 2 aliphatic rings. The molecular formula is C34H44N12OS. The maximum Gasteiger partial charge on any atom is 0.239 e. The lowest BCUT2D eigenvalue weighted by molar-refractivity contribution is 0.0981. The summed E-state index contributed by atoms with van der Waals surface area (Å²) in [5.41, 5.74) is 6.02. The second kappa shape index (κ2) is 14.0. The van der Waals surface area contributed by atoms with Gasteiger partial charge in [-0.1, -0.05) is 18.9 Å². The van der Waals surface area contributed by atoms with Crippen LogP contribution in [0.2, 0.25) is 0 Å². The molecule has 0 unspecified atom stereocenters. The molecule has 6 heterocycles. The second-order valence-corrected chi connectivity index (χ2v) is 13.3. The normalized spacial score (nSPS) is 16.5. The number of rotatable bonds is 10. The summed E-state index contributed by atoms with van der Waals surface area (Å²) in [6.07, 6.45) is 10.5. The number of hydrogen-bond acceptors (Lipinski definition) is 13. The van der Waals surface area contributed by atoms with Crippen molar-refractivity contribution >= 4 is 68.7 Å². The number of nitrogens with one attached hydrogen (secondary N) is 3. The first-order valence-corrected chi connectivity index (χ1v) is 17.8. The number of piperidine rings is 1. The van der Waals surface area contributed by atoms with Crippen LogP contribution < -0.4 is 24.6 Å². The summed E-state index contributed by atoms with van der Waals surface area (Å²) in [4.78, 5) is 34.8. The number of piperazine rings is 1. The van der Waals surface area contributed by atoms with Crippen LogP contribution in [0.1, 0.15) is 25.3 Å². The summed E-state index contributed by atoms with van der Waals surface area (Å²) < 4.78 is 7.93. The highest BCUT2D eigenvalue weighted by molar-refractivity contribution is 7.99. The topological polar surface area (TPSA) is 126 Å². The number of ether oxygens (including phenoxy) is 1. The number of aromatic nitrogens is 6. The first kappa shape index (κ1) is 32.2. The minimum absolute atomic E-state index is 0.427. The summed E-state index contributed by atoms with van der Waals surface area (Å²) in [6, 6.07) is 8.73. The predicted octanol–water partition coefficient (Wildman–Crippen LogP) is 5.28. The van der Waals surface area contributed by atoms with E-state index in [2.05, 4.69) is 64.6 Å². The molecule has 0 spiro atoms. The van der Waals surface area contributed by atoms with Gasteiger partial charge in [0.1, 0.15) is 28.5 Å². The second-order valence-electron chi connectivity index (χ2n) is 12.4. The highest BCUT2D eigenvalue weighted by atomic mass is 32.2. The molecule has 0 aliphatic carbocycles. The first-order valence-electron chi connectivity index (χ1n) is 16.6. The quantitative estimate of drug-likeness (QED) is 0.167. The Kier molecular flexibility index (Phi) is 9.37. The van der Waals surface area contributed by atoms with E-state index in [1.807, 2.05) is 37.7 Å². The van der Waals surface area contributed by atoms with E-state index >= 15 is 0 Å². The molecule has 7 rings (SSSR count). The molecule has 48 heavy (non-hydrogen) atoms. The van der Waals surface area contributed by atoms with Crippen LogP contribution in [0.3, 0.4) is 0 Å². The number of fused-ring (bicyclic) bond motifs is 2. The Balaban J connectivity index is 1.16. The van der Waals surface area contributed by atoms with Crippen LogP contribution in [0.25, 0.3) is 22.1 Å². The van der Waals surface area contributed by atoms with Crippen LogP contribution in [0.4, 0.5) is 34.6 Å². The number of anilines is 6. The van der Waals surface area contributed by atoms with Gasteiger partial charge in [0.05, 0.1) is 29.4 Å². The number of nitrogens with zero attached hydrogens (tertiary/aromatic N) is 9. The fourth-order valence-electron chi connectivity index (χ4n) is 6.81. The first-order chi connectivity index (χ1) is 23.4. The van der Waals surface area contributed by atoms with Gasteiger partial charge in [0.2, 0.25) is 11.8 Å². The van der Waals surface area contributed by atoms with Crippen LogP contribution in [0.5, 0.6) is 5.88 Å². The Morgan fingerprint density at radius 2 is 1.77 bits per heavy atom. The lowest BCUT2D eigenvalue weighted by Crippen LogP contribution is -2.52. The lowest BCUT2D eigenvalue weighted by Gasteiger charge is -2.42. The van der Waals surface area contributed by atoms with Gasteiger partial charge in [-0.05, 0) is 56.1 Å². The van der Waals surface area contributed by atoms with Crippen molar-refractivity contribution in [1.29, 1.82) is 0 Å². The lowest BCUT2D eigenvalue weighted by atomic mass is 10.0. The molecule has 0 amide bonds. The van der Waals surface area contributed by atoms with Crippen molar-refractivity contribution in [3.63, 3.8) is 0 Å². The van der Waals surface area contributed by atoms with E-state index in [4.69, 9.17) is 19.7 Å². The van der Waals surface area contributed by atoms with Crippen molar-refractivity contribution in [1.82, 2.24) is 39.7 Å². The fourth-order valence-corrected chi connectivity index (χ4v) is 7.18. The van der Waals surface area contributed by atoms with Crippen LogP contribution >= 0.6 is 11.9 Å². The van der Waals surface area contributed by atoms with Gasteiger partial charge in [-0.15, -0.1) is 0 Å². The third-order valence-electron chi connectivity index (χ3n) is 9.55. The van der Waals surface area contributed by atoms with E-state index in [9.17, 15) is 0 Å². The Morgan fingerprint density at radius 3 is 2.52 bits per heavy atom. The monoisotopic (exact) mass is 668 g/mol. The van der Waals surface area contributed by atoms with Crippen molar-refractivity contribution in [3.05, 3.63) is 48.4 Å². The summed E-state index contributed by atoms with van der Waals surface area (Å²) in [5.74, 6) is 2.61. The highest BCUT2D eigenvalue weighted by Gasteiger charge is 2.29. The third kappa shape index (κ3) is 6.39. The van der Waals surface area contributed by atoms with Gasteiger partial charge < -0.3 is 34.5 Å². The van der Waals surface area contributed by atoms with E-state index < -0.39 is 0 Å². The van der Waals surface area contributed by atoms with Gasteiger partial charge in [0.15, 0.2) is 0 Å². The maximum atomic E-state index is 5.86. The number of H-pyrrole nitrogens is 1. The molecule has 4 aromatic heterocycles. The minimum Gasteiger partial charge on any atom is -0.479 e. The SMILES string of the molecule is CCc1cc(Nc2nc(Nc3ccc4nccnc4c3N(C)SC)c3cc[nH]c3n2)c(OC)nc1N1CCC(N2CCN(C)CC2)CC1. The average Bonchev–Trinajstić information content (AvgIpc) is 3.60. The number of hydrogen-bond donors (Lipinski definition) is 3. The van der Waals surface area contributed by atoms with Gasteiger partial charge in [0, 0.05) is 77.2 Å². The standard InChI is InChI=1S/C34H44N12OS/c1-6-22-21-27(33(47-4)42-32(22)46-15-10-23(11-16-46)45-19-17-43(2)18-20-45)39-34-40-30-24(9-12-37-30)31(41-34)38-26-8-7-25-28(36-14-13-35-25)29(26)44(3)48-5/h7-9,12-14,21,23H,6,10-11,15-20H2,1-5H3,(H3,37,38,39,40,41). The molecule has 2 fully saturated rings. The molecule has 2 saturated heterocycles. The third-order valence-corrected chi connectivity index (χ3v) is 10.3. The molecule has 0 saturated carbocycles. The number of aryl methyl sites for hydroxylation is 1. The van der Waals surface area contributed by atoms with Crippen molar-refractivity contribution in [2.75, 3.05) is 86.6 Å². The molecule has 2 aliphatic heterocycles. The van der Waals surface area contributed by atoms with Gasteiger partial charge in [-0.25, -0.2) is 0 Å². The summed E-state index contributed by atoms with van der Waals surface area (Å²) in [5, 5.41) is 7.87. The van der Waals surface area contributed by atoms with E-state index in [0.717, 1.165) is 103 Å². The molecule has 13 nitrogen and oxygen atoms in total. The largest absolute Gasteiger partial charge is 0.479 e. The molecule has 14 heteroatoms.